The molecule has 0 aliphatic heterocycles. The molecule has 13 aromatic rings. The summed E-state index contributed by atoms with van der Waals surface area (Å²) in [4.78, 5) is 15.2. The minimum Gasteiger partial charge on any atom is -0.456 e. The highest BCUT2D eigenvalue weighted by atomic mass is 16.3. The second-order valence-electron chi connectivity index (χ2n) is 16.8. The number of hydrogen-bond acceptors (Lipinski definition) is 4. The normalized spacial score (nSPS) is 11.6. The van der Waals surface area contributed by atoms with Crippen molar-refractivity contribution >= 4 is 54.5 Å². The average Bonchev–Trinajstić information content (AvgIpc) is 3.94. The van der Waals surface area contributed by atoms with Crippen molar-refractivity contribution in [2.75, 3.05) is 0 Å². The first-order chi connectivity index (χ1) is 32.7. The molecule has 13 rings (SSSR count). The van der Waals surface area contributed by atoms with Crippen molar-refractivity contribution in [3.8, 4) is 73.2 Å². The third kappa shape index (κ3) is 6.44. The molecule has 3 aromatic heterocycles. The van der Waals surface area contributed by atoms with E-state index in [0.717, 1.165) is 77.7 Å². The van der Waals surface area contributed by atoms with Gasteiger partial charge in [0.05, 0.1) is 11.0 Å². The maximum Gasteiger partial charge on any atom is 0.164 e. The Balaban J connectivity index is 1.00. The Morgan fingerprint density at radius 2 is 0.848 bits per heavy atom. The van der Waals surface area contributed by atoms with Gasteiger partial charge in [-0.05, 0) is 117 Å². The van der Waals surface area contributed by atoms with Crippen LogP contribution in [0.15, 0.2) is 235 Å². The molecule has 0 radical (unpaired) electrons. The predicted octanol–water partition coefficient (Wildman–Crippen LogP) is 16.0. The molecule has 0 aliphatic carbocycles. The largest absolute Gasteiger partial charge is 0.456 e. The van der Waals surface area contributed by atoms with Crippen molar-refractivity contribution in [2.24, 2.45) is 0 Å². The van der Waals surface area contributed by atoms with Gasteiger partial charge in [-0.2, -0.15) is 0 Å². The standard InChI is InChI=1S/C61H38N4O/c1-4-16-40(17-5-1)59-62-60(41-18-6-2-7-19-41)64-61(63-59)51-24-14-26-57-58(51)53-38-45(30-32-56(53)66-57)48-35-46(43-28-27-39-15-10-11-20-42(39)33-43)34-47(36-48)44-29-31-55-52(37-44)50-23-12-13-25-54(50)65(55)49-21-8-3-9-22-49/h1-38H. The predicted molar refractivity (Wildman–Crippen MR) is 272 cm³/mol. The molecule has 5 nitrogen and oxygen atoms in total. The summed E-state index contributed by atoms with van der Waals surface area (Å²) in [6.45, 7) is 0. The van der Waals surface area contributed by atoms with Crippen LogP contribution in [0.2, 0.25) is 0 Å². The lowest BCUT2D eigenvalue weighted by Gasteiger charge is -2.13. The van der Waals surface area contributed by atoms with Gasteiger partial charge in [0.15, 0.2) is 17.5 Å². The third-order valence-electron chi connectivity index (χ3n) is 12.8. The summed E-state index contributed by atoms with van der Waals surface area (Å²) in [6.07, 6.45) is 0. The van der Waals surface area contributed by atoms with Crippen LogP contribution in [0, 0.1) is 0 Å². The van der Waals surface area contributed by atoms with Crippen molar-refractivity contribution in [3.63, 3.8) is 0 Å². The minimum absolute atomic E-state index is 0.589. The molecule has 0 amide bonds. The first-order valence-corrected chi connectivity index (χ1v) is 22.2. The number of aromatic nitrogens is 4. The molecule has 0 bridgehead atoms. The van der Waals surface area contributed by atoms with E-state index in [1.165, 1.54) is 32.6 Å². The van der Waals surface area contributed by atoms with Crippen LogP contribution in [0.4, 0.5) is 0 Å². The molecule has 10 aromatic carbocycles. The van der Waals surface area contributed by atoms with Crippen molar-refractivity contribution in [1.82, 2.24) is 19.5 Å². The van der Waals surface area contributed by atoms with Crippen LogP contribution in [0.1, 0.15) is 0 Å². The Morgan fingerprint density at radius 3 is 1.56 bits per heavy atom. The van der Waals surface area contributed by atoms with Gasteiger partial charge in [0.2, 0.25) is 0 Å². The molecule has 0 aliphatic rings. The summed E-state index contributed by atoms with van der Waals surface area (Å²) in [5, 5.41) is 6.82. The summed E-state index contributed by atoms with van der Waals surface area (Å²) in [6, 6.07) is 81.4. The van der Waals surface area contributed by atoms with E-state index in [9.17, 15) is 0 Å². The summed E-state index contributed by atoms with van der Waals surface area (Å²) in [5.74, 6) is 1.82. The first kappa shape index (κ1) is 37.6. The van der Waals surface area contributed by atoms with Crippen LogP contribution in [-0.2, 0) is 0 Å². The summed E-state index contributed by atoms with van der Waals surface area (Å²) < 4.78 is 8.97. The molecule has 0 saturated carbocycles. The fourth-order valence-electron chi connectivity index (χ4n) is 9.63. The number of rotatable bonds is 7. The fourth-order valence-corrected chi connectivity index (χ4v) is 9.63. The second kappa shape index (κ2) is 15.4. The molecule has 5 heteroatoms. The number of nitrogens with zero attached hydrogens (tertiary/aromatic N) is 4. The smallest absolute Gasteiger partial charge is 0.164 e. The van der Waals surface area contributed by atoms with Crippen molar-refractivity contribution in [1.29, 1.82) is 0 Å². The van der Waals surface area contributed by atoms with E-state index in [1.54, 1.807) is 0 Å². The van der Waals surface area contributed by atoms with Gasteiger partial charge < -0.3 is 8.98 Å². The van der Waals surface area contributed by atoms with Crippen LogP contribution in [0.3, 0.4) is 0 Å². The quantitative estimate of drug-likeness (QED) is 0.160. The molecular weight excluding hydrogens is 805 g/mol. The van der Waals surface area contributed by atoms with E-state index in [2.05, 4.69) is 162 Å². The highest BCUT2D eigenvalue weighted by Crippen LogP contribution is 2.42. The minimum atomic E-state index is 0.589. The summed E-state index contributed by atoms with van der Waals surface area (Å²) >= 11 is 0. The zero-order valence-corrected chi connectivity index (χ0v) is 35.6. The van der Waals surface area contributed by atoms with Crippen molar-refractivity contribution in [3.05, 3.63) is 231 Å². The SMILES string of the molecule is c1ccc(-c2nc(-c3ccccc3)nc(-c3cccc4oc5ccc(-c6cc(-c7ccc8ccccc8c7)cc(-c7ccc8c(c7)c7ccccc7n8-c7ccccc7)c6)cc5c34)n2)cc1. The molecule has 0 unspecified atom stereocenters. The van der Waals surface area contributed by atoms with E-state index < -0.39 is 0 Å². The van der Waals surface area contributed by atoms with Crippen molar-refractivity contribution < 1.29 is 4.42 Å². The van der Waals surface area contributed by atoms with Crippen LogP contribution in [0.5, 0.6) is 0 Å². The Bertz CT molecular complexity index is 3930. The average molecular weight is 843 g/mol. The highest BCUT2D eigenvalue weighted by Gasteiger charge is 2.20. The molecular formula is C61H38N4O. The van der Waals surface area contributed by atoms with E-state index >= 15 is 0 Å². The zero-order valence-electron chi connectivity index (χ0n) is 35.6. The van der Waals surface area contributed by atoms with Gasteiger partial charge >= 0.3 is 0 Å². The Hall–Kier alpha value is -8.93. The highest BCUT2D eigenvalue weighted by molar-refractivity contribution is 6.13. The lowest BCUT2D eigenvalue weighted by Crippen LogP contribution is -2.00. The van der Waals surface area contributed by atoms with Gasteiger partial charge in [0.1, 0.15) is 11.2 Å². The van der Waals surface area contributed by atoms with E-state index in [0.29, 0.717) is 17.5 Å². The number of para-hydroxylation sites is 2. The van der Waals surface area contributed by atoms with Crippen LogP contribution >= 0.6 is 0 Å². The fraction of sp³-hybridized carbons (Fsp3) is 0. The zero-order chi connectivity index (χ0) is 43.6. The lowest BCUT2D eigenvalue weighted by molar-refractivity contribution is 0.669. The van der Waals surface area contributed by atoms with E-state index in [4.69, 9.17) is 19.4 Å². The van der Waals surface area contributed by atoms with Crippen LogP contribution < -0.4 is 0 Å². The molecule has 308 valence electrons. The number of hydrogen-bond donors (Lipinski definition) is 0. The molecule has 0 spiro atoms. The van der Waals surface area contributed by atoms with Crippen LogP contribution in [0.25, 0.3) is 128 Å². The van der Waals surface area contributed by atoms with E-state index in [-0.39, 0.29) is 0 Å². The van der Waals surface area contributed by atoms with Gasteiger partial charge in [-0.3, -0.25) is 0 Å². The Labute approximate surface area is 380 Å². The summed E-state index contributed by atoms with van der Waals surface area (Å²) in [5.41, 5.74) is 14.6. The van der Waals surface area contributed by atoms with Gasteiger partial charge in [-0.1, -0.05) is 158 Å². The summed E-state index contributed by atoms with van der Waals surface area (Å²) in [7, 11) is 0. The maximum absolute atomic E-state index is 6.60. The van der Waals surface area contributed by atoms with Gasteiger partial charge in [-0.15, -0.1) is 0 Å². The molecule has 3 heterocycles. The Morgan fingerprint density at radius 1 is 0.303 bits per heavy atom. The number of furan rings is 1. The van der Waals surface area contributed by atoms with Gasteiger partial charge in [-0.25, -0.2) is 15.0 Å². The van der Waals surface area contributed by atoms with Crippen molar-refractivity contribution in [2.45, 2.75) is 0 Å². The molecule has 0 fully saturated rings. The maximum atomic E-state index is 6.60. The Kier molecular flexibility index (Phi) is 8.78. The number of fused-ring (bicyclic) bond motifs is 7. The van der Waals surface area contributed by atoms with E-state index in [1.807, 2.05) is 72.8 Å². The molecule has 0 N–H and O–H groups in total. The topological polar surface area (TPSA) is 56.7 Å². The van der Waals surface area contributed by atoms with Gasteiger partial charge in [0, 0.05) is 43.9 Å². The molecule has 66 heavy (non-hydrogen) atoms. The molecule has 0 atom stereocenters. The van der Waals surface area contributed by atoms with Crippen LogP contribution in [-0.4, -0.2) is 19.5 Å². The lowest BCUT2D eigenvalue weighted by atomic mass is 9.91. The molecule has 0 saturated heterocycles. The van der Waals surface area contributed by atoms with Gasteiger partial charge in [0.25, 0.3) is 0 Å². The number of benzene rings is 10. The first-order valence-electron chi connectivity index (χ1n) is 22.2. The second-order valence-corrected chi connectivity index (χ2v) is 16.8. The monoisotopic (exact) mass is 842 g/mol. The third-order valence-corrected chi connectivity index (χ3v) is 12.8.